The molecule has 7 rings (SSSR count). The van der Waals surface area contributed by atoms with Gasteiger partial charge in [-0.05, 0) is 67.1 Å². The molecule has 0 radical (unpaired) electrons. The van der Waals surface area contributed by atoms with Crippen LogP contribution in [0.15, 0.2) is 67.5 Å². The van der Waals surface area contributed by atoms with Gasteiger partial charge in [0.15, 0.2) is 0 Å². The minimum absolute atomic E-state index is 0.0303. The standard InChI is InChI=1S/C16H8N4S2.C14H18N2O3.C8H14N2O2.C3H8/c1(11-7-17-9-19-11)3-13-5-15-16(21-13)6-14(22-15)4-2-12-8-18-10-20-12;1-19-14(18)15-12(11-7-3-2-4-8-11)13(17)16-9-5-6-10-16;1-7(11)9-6-8(12)10-4-2-3-5-10;1-3-2/h5-10H,(H,17,19)(H,18,20);2-4,7-8,12H,5-6,9-10H2,1H3,(H,15,18);2-6H2,1H3,(H,9,11);3H2,1-2H3/t;12-;;/m.1../s1. The molecule has 2 fully saturated rings. The molecular weight excluding hydrogens is 749 g/mol. The van der Waals surface area contributed by atoms with Gasteiger partial charge in [0.05, 0.1) is 48.5 Å². The zero-order valence-electron chi connectivity index (χ0n) is 32.1. The summed E-state index contributed by atoms with van der Waals surface area (Å²) in [5, 5.41) is 5.10. The third-order valence-electron chi connectivity index (χ3n) is 8.04. The van der Waals surface area contributed by atoms with Gasteiger partial charge in [0.25, 0.3) is 0 Å². The number of H-pyrrole nitrogens is 2. The Labute approximate surface area is 335 Å². The highest BCUT2D eigenvalue weighted by atomic mass is 32.1. The maximum atomic E-state index is 12.5. The van der Waals surface area contributed by atoms with Crippen LogP contribution >= 0.6 is 22.7 Å². The number of aromatic nitrogens is 4. The van der Waals surface area contributed by atoms with E-state index in [0.29, 0.717) is 0 Å². The predicted octanol–water partition coefficient (Wildman–Crippen LogP) is 6.08. The average Bonchev–Trinajstić information content (AvgIpc) is 4.06. The van der Waals surface area contributed by atoms with E-state index in [1.54, 1.807) is 57.5 Å². The molecule has 294 valence electrons. The quantitative estimate of drug-likeness (QED) is 0.157. The Bertz CT molecular complexity index is 1980. The summed E-state index contributed by atoms with van der Waals surface area (Å²) in [5.74, 6) is 12.2. The second kappa shape index (κ2) is 23.1. The lowest BCUT2D eigenvalue weighted by Gasteiger charge is -2.23. The number of thiophene rings is 2. The largest absolute Gasteiger partial charge is 0.453 e. The van der Waals surface area contributed by atoms with Crippen LogP contribution in [0.1, 0.15) is 85.6 Å². The van der Waals surface area contributed by atoms with Crippen LogP contribution in [0.5, 0.6) is 0 Å². The number of likely N-dealkylation sites (tertiary alicyclic amines) is 2. The van der Waals surface area contributed by atoms with Crippen molar-refractivity contribution in [2.45, 2.75) is 58.9 Å². The summed E-state index contributed by atoms with van der Waals surface area (Å²) in [6.07, 6.45) is 11.6. The summed E-state index contributed by atoms with van der Waals surface area (Å²) in [5.41, 5.74) is 2.41. The van der Waals surface area contributed by atoms with Crippen molar-refractivity contribution in [1.29, 1.82) is 0 Å². The van der Waals surface area contributed by atoms with E-state index in [1.165, 1.54) is 29.9 Å². The molecule has 15 heteroatoms. The summed E-state index contributed by atoms with van der Waals surface area (Å²) in [6.45, 7) is 9.01. The van der Waals surface area contributed by atoms with Crippen LogP contribution in [0.3, 0.4) is 0 Å². The van der Waals surface area contributed by atoms with Crippen LogP contribution in [-0.4, -0.2) is 93.4 Å². The maximum Gasteiger partial charge on any atom is 0.407 e. The van der Waals surface area contributed by atoms with Crippen molar-refractivity contribution < 1.29 is 23.9 Å². The van der Waals surface area contributed by atoms with Crippen molar-refractivity contribution in [3.8, 4) is 23.7 Å². The summed E-state index contributed by atoms with van der Waals surface area (Å²) in [4.78, 5) is 65.1. The number of amides is 4. The molecule has 2 saturated heterocycles. The van der Waals surface area contributed by atoms with Crippen LogP contribution in [-0.2, 0) is 19.1 Å². The Balaban J connectivity index is 0.000000187. The summed E-state index contributed by atoms with van der Waals surface area (Å²) >= 11 is 3.36. The van der Waals surface area contributed by atoms with Gasteiger partial charge in [-0.15, -0.1) is 22.7 Å². The first-order valence-electron chi connectivity index (χ1n) is 18.4. The van der Waals surface area contributed by atoms with Gasteiger partial charge in [-0.1, -0.05) is 50.6 Å². The third kappa shape index (κ3) is 14.1. The lowest BCUT2D eigenvalue weighted by Crippen LogP contribution is -2.41. The van der Waals surface area contributed by atoms with E-state index in [4.69, 9.17) is 0 Å². The summed E-state index contributed by atoms with van der Waals surface area (Å²) in [6, 6.07) is 12.8. The van der Waals surface area contributed by atoms with Gasteiger partial charge in [0.2, 0.25) is 17.7 Å². The van der Waals surface area contributed by atoms with Gasteiger partial charge in [-0.3, -0.25) is 14.4 Å². The maximum absolute atomic E-state index is 12.5. The summed E-state index contributed by atoms with van der Waals surface area (Å²) in [7, 11) is 1.29. The monoisotopic (exact) mass is 796 g/mol. The Morgan fingerprint density at radius 1 is 0.804 bits per heavy atom. The van der Waals surface area contributed by atoms with Crippen molar-refractivity contribution in [1.82, 2.24) is 40.4 Å². The number of methoxy groups -OCH3 is 1. The van der Waals surface area contributed by atoms with Crippen LogP contribution in [0.25, 0.3) is 9.40 Å². The van der Waals surface area contributed by atoms with Gasteiger partial charge >= 0.3 is 6.09 Å². The molecule has 4 aromatic heterocycles. The van der Waals surface area contributed by atoms with E-state index in [-0.39, 0.29) is 24.3 Å². The van der Waals surface area contributed by atoms with Gasteiger partial charge in [-0.25, -0.2) is 14.8 Å². The molecule has 56 heavy (non-hydrogen) atoms. The molecule has 1 atom stereocenters. The van der Waals surface area contributed by atoms with Gasteiger partial charge in [-0.2, -0.15) is 0 Å². The molecular formula is C41H48N8O5S2. The highest BCUT2D eigenvalue weighted by molar-refractivity contribution is 7.28. The minimum Gasteiger partial charge on any atom is -0.453 e. The fourth-order valence-corrected chi connectivity index (χ4v) is 7.48. The number of imidazole rings is 2. The Morgan fingerprint density at radius 2 is 1.30 bits per heavy atom. The van der Waals surface area contributed by atoms with E-state index >= 15 is 0 Å². The van der Waals surface area contributed by atoms with Crippen molar-refractivity contribution in [2.75, 3.05) is 39.8 Å². The molecule has 4 N–H and O–H groups in total. The number of carbonyl (C=O) groups is 4. The molecule has 0 spiro atoms. The molecule has 2 aliphatic heterocycles. The lowest BCUT2D eigenvalue weighted by atomic mass is 10.1. The molecule has 4 amide bonds. The smallest absolute Gasteiger partial charge is 0.407 e. The molecule has 0 unspecified atom stereocenters. The van der Waals surface area contributed by atoms with E-state index < -0.39 is 12.1 Å². The second-order valence-corrected chi connectivity index (χ2v) is 14.8. The number of benzene rings is 1. The number of alkyl carbamates (subject to hydrolysis) is 1. The van der Waals surface area contributed by atoms with Gasteiger partial charge < -0.3 is 35.1 Å². The van der Waals surface area contributed by atoms with E-state index in [0.717, 1.165) is 78.6 Å². The SMILES string of the molecule is C(#Cc1cc2sc(C#Cc3cnc[nH]3)cc2s1)c1cnc[nH]1.CC(=O)NCC(=O)N1CCCC1.CCC.COC(=O)N[C@@H](C(=O)N1CCCC1)c1ccccc1. The highest BCUT2D eigenvalue weighted by Gasteiger charge is 2.29. The van der Waals surface area contributed by atoms with Crippen LogP contribution < -0.4 is 10.6 Å². The number of aromatic amines is 2. The molecule has 0 saturated carbocycles. The molecule has 2 aliphatic rings. The zero-order valence-corrected chi connectivity index (χ0v) is 33.8. The van der Waals surface area contributed by atoms with E-state index in [9.17, 15) is 19.2 Å². The van der Waals surface area contributed by atoms with E-state index in [1.807, 2.05) is 30.3 Å². The molecule has 1 aromatic carbocycles. The topological polar surface area (TPSA) is 165 Å². The van der Waals surface area contributed by atoms with Crippen molar-refractivity contribution in [3.05, 3.63) is 94.2 Å². The molecule has 0 aliphatic carbocycles. The Morgan fingerprint density at radius 3 is 1.75 bits per heavy atom. The first-order chi connectivity index (χ1) is 27.2. The average molecular weight is 797 g/mol. The first-order valence-corrected chi connectivity index (χ1v) is 20.1. The molecule has 6 heterocycles. The minimum atomic E-state index is -0.674. The molecule has 13 nitrogen and oxygen atoms in total. The summed E-state index contributed by atoms with van der Waals surface area (Å²) < 4.78 is 7.03. The number of carbonyl (C=O) groups excluding carboxylic acids is 4. The number of nitrogens with zero attached hydrogens (tertiary/aromatic N) is 4. The number of hydrogen-bond donors (Lipinski definition) is 4. The zero-order chi connectivity index (χ0) is 40.1. The number of rotatable bonds is 5. The number of ether oxygens (including phenoxy) is 1. The fourth-order valence-electron chi connectivity index (χ4n) is 5.37. The van der Waals surface area contributed by atoms with Crippen molar-refractivity contribution in [3.63, 3.8) is 0 Å². The lowest BCUT2D eigenvalue weighted by molar-refractivity contribution is -0.132. The first kappa shape index (κ1) is 42.8. The second-order valence-electron chi connectivity index (χ2n) is 12.6. The Hall–Kier alpha value is -5.90. The fraction of sp³-hybridized carbons (Fsp3) is 0.366. The molecule has 5 aromatic rings. The van der Waals surface area contributed by atoms with Crippen LogP contribution in [0.4, 0.5) is 4.79 Å². The van der Waals surface area contributed by atoms with Crippen LogP contribution in [0, 0.1) is 23.7 Å². The van der Waals surface area contributed by atoms with Crippen molar-refractivity contribution >= 4 is 55.9 Å². The van der Waals surface area contributed by atoms with Gasteiger partial charge in [0.1, 0.15) is 17.4 Å². The van der Waals surface area contributed by atoms with E-state index in [2.05, 4.69) is 85.0 Å². The van der Waals surface area contributed by atoms with Gasteiger partial charge in [0, 0.05) is 42.5 Å². The normalized spacial score (nSPS) is 13.1. The molecule has 0 bridgehead atoms. The number of nitrogens with one attached hydrogen (secondary N) is 4. The van der Waals surface area contributed by atoms with Crippen molar-refractivity contribution in [2.24, 2.45) is 0 Å². The predicted molar refractivity (Wildman–Crippen MR) is 220 cm³/mol. The number of fused-ring (bicyclic) bond motifs is 1. The number of hydrogen-bond acceptors (Lipinski definition) is 9. The van der Waals surface area contributed by atoms with Crippen LogP contribution in [0.2, 0.25) is 0 Å². The highest BCUT2D eigenvalue weighted by Crippen LogP contribution is 2.32. The Kier molecular flexibility index (Phi) is 17.7. The third-order valence-corrected chi connectivity index (χ3v) is 10.2.